The van der Waals surface area contributed by atoms with Gasteiger partial charge in [0.2, 0.25) is 5.91 Å². The Hall–Kier alpha value is -3.21. The van der Waals surface area contributed by atoms with Crippen LogP contribution in [0.3, 0.4) is 0 Å². The van der Waals surface area contributed by atoms with E-state index in [0.717, 1.165) is 5.82 Å². The highest BCUT2D eigenvalue weighted by Gasteiger charge is 2.08. The van der Waals surface area contributed by atoms with Gasteiger partial charge in [-0.05, 0) is 36.2 Å². The molecule has 1 amide bonds. The Morgan fingerprint density at radius 1 is 1.08 bits per heavy atom. The molecule has 0 atom stereocenters. The van der Waals surface area contributed by atoms with Crippen LogP contribution in [0.15, 0.2) is 66.9 Å². The first kappa shape index (κ1) is 17.6. The van der Waals surface area contributed by atoms with Crippen LogP contribution >= 0.6 is 0 Å². The number of nitrogens with one attached hydrogen (secondary N) is 2. The van der Waals surface area contributed by atoms with Crippen LogP contribution in [0.5, 0.6) is 0 Å². The number of aromatic nitrogens is 1. The van der Waals surface area contributed by atoms with Crippen LogP contribution in [-0.4, -0.2) is 10.9 Å². The van der Waals surface area contributed by atoms with Gasteiger partial charge in [0, 0.05) is 6.54 Å². The molecule has 4 nitrogen and oxygen atoms in total. The molecule has 2 aromatic carbocycles. The first-order valence-corrected chi connectivity index (χ1v) is 8.39. The van der Waals surface area contributed by atoms with E-state index in [1.54, 1.807) is 36.5 Å². The van der Waals surface area contributed by atoms with E-state index in [9.17, 15) is 9.18 Å². The van der Waals surface area contributed by atoms with E-state index in [2.05, 4.69) is 40.7 Å². The summed E-state index contributed by atoms with van der Waals surface area (Å²) in [7, 11) is 0. The highest BCUT2D eigenvalue weighted by molar-refractivity contribution is 5.92. The first-order chi connectivity index (χ1) is 12.6. The molecule has 0 radical (unpaired) electrons. The van der Waals surface area contributed by atoms with E-state index in [4.69, 9.17) is 0 Å². The summed E-state index contributed by atoms with van der Waals surface area (Å²) < 4.78 is 13.6. The third-order valence-corrected chi connectivity index (χ3v) is 3.91. The summed E-state index contributed by atoms with van der Waals surface area (Å²) in [5, 5.41) is 5.97. The maximum Gasteiger partial charge on any atom is 0.228 e. The quantitative estimate of drug-likeness (QED) is 0.697. The Labute approximate surface area is 152 Å². The maximum atomic E-state index is 13.6. The second-order valence-electron chi connectivity index (χ2n) is 6.09. The van der Waals surface area contributed by atoms with Gasteiger partial charge < -0.3 is 10.6 Å². The minimum atomic E-state index is -0.378. The molecule has 0 spiro atoms. The number of amides is 1. The molecule has 0 aliphatic rings. The number of halogens is 1. The highest BCUT2D eigenvalue weighted by atomic mass is 19.1. The Kier molecular flexibility index (Phi) is 5.59. The van der Waals surface area contributed by atoms with E-state index in [-0.39, 0.29) is 18.1 Å². The summed E-state index contributed by atoms with van der Waals surface area (Å²) in [5.41, 5.74) is 3.33. The van der Waals surface area contributed by atoms with Crippen LogP contribution in [0.1, 0.15) is 16.7 Å². The van der Waals surface area contributed by atoms with Crippen molar-refractivity contribution < 1.29 is 9.18 Å². The number of nitrogens with zero attached hydrogens (tertiary/aromatic N) is 1. The van der Waals surface area contributed by atoms with Crippen molar-refractivity contribution in [2.24, 2.45) is 0 Å². The van der Waals surface area contributed by atoms with Crippen molar-refractivity contribution in [2.75, 3.05) is 10.6 Å². The summed E-state index contributed by atoms with van der Waals surface area (Å²) in [5.74, 6) is 0.0625. The van der Waals surface area contributed by atoms with Crippen molar-refractivity contribution in [1.82, 2.24) is 4.98 Å². The minimum Gasteiger partial charge on any atom is -0.366 e. The lowest BCUT2D eigenvalue weighted by molar-refractivity contribution is -0.115. The molecule has 26 heavy (non-hydrogen) atoms. The number of carbonyl (C=O) groups excluding carboxylic acids is 1. The second kappa shape index (κ2) is 8.25. The summed E-state index contributed by atoms with van der Waals surface area (Å²) >= 11 is 0. The van der Waals surface area contributed by atoms with E-state index in [0.29, 0.717) is 17.8 Å². The molecule has 1 heterocycles. The van der Waals surface area contributed by atoms with Gasteiger partial charge in [-0.25, -0.2) is 9.37 Å². The first-order valence-electron chi connectivity index (χ1n) is 8.39. The fourth-order valence-electron chi connectivity index (χ4n) is 2.61. The lowest BCUT2D eigenvalue weighted by Gasteiger charge is -2.09. The zero-order chi connectivity index (χ0) is 18.4. The van der Waals surface area contributed by atoms with Gasteiger partial charge in [-0.3, -0.25) is 4.79 Å². The van der Waals surface area contributed by atoms with Gasteiger partial charge in [-0.2, -0.15) is 0 Å². The van der Waals surface area contributed by atoms with Gasteiger partial charge in [0.1, 0.15) is 11.6 Å². The van der Waals surface area contributed by atoms with Gasteiger partial charge in [-0.15, -0.1) is 0 Å². The monoisotopic (exact) mass is 349 g/mol. The zero-order valence-corrected chi connectivity index (χ0v) is 14.5. The number of benzene rings is 2. The highest BCUT2D eigenvalue weighted by Crippen LogP contribution is 2.13. The van der Waals surface area contributed by atoms with Crippen LogP contribution in [0.4, 0.5) is 15.9 Å². The van der Waals surface area contributed by atoms with Crippen LogP contribution in [0.2, 0.25) is 0 Å². The largest absolute Gasteiger partial charge is 0.366 e. The average molecular weight is 349 g/mol. The third kappa shape index (κ3) is 4.89. The average Bonchev–Trinajstić information content (AvgIpc) is 2.63. The molecule has 0 fully saturated rings. The maximum absolute atomic E-state index is 13.6. The Balaban J connectivity index is 1.54. The summed E-state index contributed by atoms with van der Waals surface area (Å²) in [6.45, 7) is 2.73. The van der Waals surface area contributed by atoms with Crippen molar-refractivity contribution in [3.8, 4) is 0 Å². The van der Waals surface area contributed by atoms with Crippen molar-refractivity contribution in [3.63, 3.8) is 0 Å². The number of pyridine rings is 1. The molecule has 1 aromatic heterocycles. The van der Waals surface area contributed by atoms with E-state index in [1.807, 2.05) is 6.07 Å². The molecule has 0 aliphatic heterocycles. The molecule has 0 aliphatic carbocycles. The Bertz CT molecular complexity index is 894. The molecule has 0 unspecified atom stereocenters. The lowest BCUT2D eigenvalue weighted by Crippen LogP contribution is -2.15. The molecule has 3 aromatic rings. The SMILES string of the molecule is Cc1cccc(CNc2ccc(NC(=O)Cc3ccccc3F)cn2)c1. The Morgan fingerprint density at radius 2 is 1.92 bits per heavy atom. The van der Waals surface area contributed by atoms with Gasteiger partial charge in [0.15, 0.2) is 0 Å². The van der Waals surface area contributed by atoms with Crippen molar-refractivity contribution in [3.05, 3.63) is 89.4 Å². The van der Waals surface area contributed by atoms with Crippen molar-refractivity contribution in [2.45, 2.75) is 19.9 Å². The van der Waals surface area contributed by atoms with Crippen LogP contribution in [0.25, 0.3) is 0 Å². The predicted molar refractivity (Wildman–Crippen MR) is 101 cm³/mol. The van der Waals surface area contributed by atoms with E-state index in [1.165, 1.54) is 17.2 Å². The number of anilines is 2. The number of rotatable bonds is 6. The summed E-state index contributed by atoms with van der Waals surface area (Å²) in [4.78, 5) is 16.3. The molecule has 5 heteroatoms. The van der Waals surface area contributed by atoms with Gasteiger partial charge in [-0.1, -0.05) is 48.0 Å². The van der Waals surface area contributed by atoms with Crippen molar-refractivity contribution in [1.29, 1.82) is 0 Å². The number of hydrogen-bond donors (Lipinski definition) is 2. The summed E-state index contributed by atoms with van der Waals surface area (Å²) in [6.07, 6.45) is 1.57. The van der Waals surface area contributed by atoms with Gasteiger partial charge in [0.25, 0.3) is 0 Å². The fraction of sp³-hybridized carbons (Fsp3) is 0.143. The molecule has 0 saturated heterocycles. The smallest absolute Gasteiger partial charge is 0.228 e. The molecule has 3 rings (SSSR count). The molecule has 0 bridgehead atoms. The van der Waals surface area contributed by atoms with Crippen LogP contribution in [0, 0.1) is 12.7 Å². The molecule has 132 valence electrons. The number of hydrogen-bond acceptors (Lipinski definition) is 3. The zero-order valence-electron chi connectivity index (χ0n) is 14.5. The molecule has 0 saturated carbocycles. The van der Waals surface area contributed by atoms with Gasteiger partial charge in [0.05, 0.1) is 18.3 Å². The second-order valence-corrected chi connectivity index (χ2v) is 6.09. The topological polar surface area (TPSA) is 54.0 Å². The number of carbonyl (C=O) groups is 1. The minimum absolute atomic E-state index is 0.0139. The van der Waals surface area contributed by atoms with Gasteiger partial charge >= 0.3 is 0 Å². The molecular weight excluding hydrogens is 329 g/mol. The third-order valence-electron chi connectivity index (χ3n) is 3.91. The van der Waals surface area contributed by atoms with E-state index >= 15 is 0 Å². The van der Waals surface area contributed by atoms with Crippen molar-refractivity contribution >= 4 is 17.4 Å². The van der Waals surface area contributed by atoms with Crippen LogP contribution < -0.4 is 10.6 Å². The van der Waals surface area contributed by atoms with E-state index < -0.39 is 0 Å². The lowest BCUT2D eigenvalue weighted by atomic mass is 10.1. The van der Waals surface area contributed by atoms with Crippen LogP contribution in [-0.2, 0) is 17.8 Å². The fourth-order valence-corrected chi connectivity index (χ4v) is 2.61. The molecular formula is C21H20FN3O. The Morgan fingerprint density at radius 3 is 2.65 bits per heavy atom. The predicted octanol–water partition coefficient (Wildman–Crippen LogP) is 4.32. The summed E-state index contributed by atoms with van der Waals surface area (Å²) in [6, 6.07) is 18.1. The standard InChI is InChI=1S/C21H20FN3O/c1-15-5-4-6-16(11-15)13-23-20-10-9-18(14-24-20)25-21(26)12-17-7-2-3-8-19(17)22/h2-11,14H,12-13H2,1H3,(H,23,24)(H,25,26). The number of aryl methyl sites for hydroxylation is 1. The molecule has 2 N–H and O–H groups in total. The normalized spacial score (nSPS) is 10.4.